The number of rotatable bonds is 6. The van der Waals surface area contributed by atoms with E-state index in [2.05, 4.69) is 5.32 Å². The van der Waals surface area contributed by atoms with Gasteiger partial charge in [0.25, 0.3) is 5.91 Å². The number of nitrogens with zero attached hydrogens (tertiary/aromatic N) is 3. The number of aromatic nitrogens is 1. The quantitative estimate of drug-likeness (QED) is 0.737. The van der Waals surface area contributed by atoms with Crippen molar-refractivity contribution < 1.29 is 28.6 Å². The van der Waals surface area contributed by atoms with Crippen LogP contribution < -0.4 is 14.8 Å². The molecule has 10 heteroatoms. The Balaban J connectivity index is 1.62. The first-order valence-electron chi connectivity index (χ1n) is 10.1. The van der Waals surface area contributed by atoms with Crippen molar-refractivity contribution in [1.29, 1.82) is 0 Å². The Kier molecular flexibility index (Phi) is 6.88. The number of amides is 3. The molecule has 1 aliphatic heterocycles. The Bertz CT molecular complexity index is 978. The number of fused-ring (bicyclic) bond motifs is 1. The van der Waals surface area contributed by atoms with Crippen LogP contribution in [-0.2, 0) is 16.6 Å². The predicted molar refractivity (Wildman–Crippen MR) is 114 cm³/mol. The second-order valence-electron chi connectivity index (χ2n) is 7.10. The molecule has 0 aliphatic carbocycles. The Morgan fingerprint density at radius 1 is 1.00 bits per heavy atom. The van der Waals surface area contributed by atoms with Crippen LogP contribution >= 0.6 is 0 Å². The van der Waals surface area contributed by atoms with E-state index < -0.39 is 0 Å². The number of hydrogen-bond acceptors (Lipinski definition) is 6. The van der Waals surface area contributed by atoms with Crippen LogP contribution in [0.1, 0.15) is 17.4 Å². The molecular formula is C21H28N4O6. The smallest absolute Gasteiger partial charge is 0.409 e. The van der Waals surface area contributed by atoms with Gasteiger partial charge in [-0.15, -0.1) is 0 Å². The minimum Gasteiger partial charge on any atom is -0.497 e. The van der Waals surface area contributed by atoms with E-state index in [-0.39, 0.29) is 24.5 Å². The zero-order valence-electron chi connectivity index (χ0n) is 18.3. The van der Waals surface area contributed by atoms with Gasteiger partial charge < -0.3 is 33.9 Å². The Labute approximate surface area is 180 Å². The van der Waals surface area contributed by atoms with E-state index >= 15 is 0 Å². The van der Waals surface area contributed by atoms with Gasteiger partial charge in [-0.2, -0.15) is 0 Å². The number of piperazine rings is 1. The first kappa shape index (κ1) is 22.3. The largest absolute Gasteiger partial charge is 0.497 e. The van der Waals surface area contributed by atoms with Gasteiger partial charge in [-0.25, -0.2) is 4.79 Å². The molecule has 1 fully saturated rings. The lowest BCUT2D eigenvalue weighted by molar-refractivity contribution is -0.131. The highest BCUT2D eigenvalue weighted by Crippen LogP contribution is 2.33. The van der Waals surface area contributed by atoms with Crippen LogP contribution in [0, 0.1) is 0 Å². The normalized spacial score (nSPS) is 13.8. The summed E-state index contributed by atoms with van der Waals surface area (Å²) in [5, 5.41) is 3.47. The third kappa shape index (κ3) is 4.68. The number of nitrogens with one attached hydrogen (secondary N) is 1. The molecule has 10 nitrogen and oxygen atoms in total. The lowest BCUT2D eigenvalue weighted by Gasteiger charge is -2.34. The minimum atomic E-state index is -0.370. The van der Waals surface area contributed by atoms with Crippen LogP contribution in [-0.4, -0.2) is 85.8 Å². The summed E-state index contributed by atoms with van der Waals surface area (Å²) in [5.41, 5.74) is 1.18. The zero-order chi connectivity index (χ0) is 22.5. The number of benzene rings is 1. The highest BCUT2D eigenvalue weighted by Gasteiger charge is 2.25. The maximum atomic E-state index is 12.7. The summed E-state index contributed by atoms with van der Waals surface area (Å²) < 4.78 is 17.4. The summed E-state index contributed by atoms with van der Waals surface area (Å²) in [6, 6.07) is 5.30. The Morgan fingerprint density at radius 3 is 2.29 bits per heavy atom. The second-order valence-corrected chi connectivity index (χ2v) is 7.10. The van der Waals surface area contributed by atoms with Crippen molar-refractivity contribution >= 4 is 28.8 Å². The molecule has 3 amide bonds. The molecular weight excluding hydrogens is 404 g/mol. The number of methoxy groups -OCH3 is 2. The van der Waals surface area contributed by atoms with Crippen LogP contribution in [0.15, 0.2) is 18.2 Å². The molecule has 0 atom stereocenters. The van der Waals surface area contributed by atoms with Crippen LogP contribution in [0.4, 0.5) is 4.79 Å². The fourth-order valence-electron chi connectivity index (χ4n) is 3.59. The van der Waals surface area contributed by atoms with E-state index in [1.54, 1.807) is 54.7 Å². The van der Waals surface area contributed by atoms with Crippen LogP contribution in [0.5, 0.6) is 11.5 Å². The molecule has 1 aromatic heterocycles. The van der Waals surface area contributed by atoms with Gasteiger partial charge in [-0.05, 0) is 13.0 Å². The van der Waals surface area contributed by atoms with E-state index in [1.165, 1.54) is 0 Å². The molecule has 0 radical (unpaired) electrons. The first-order valence-corrected chi connectivity index (χ1v) is 10.1. The van der Waals surface area contributed by atoms with Crippen LogP contribution in [0.3, 0.4) is 0 Å². The van der Waals surface area contributed by atoms with E-state index in [0.29, 0.717) is 50.0 Å². The average Bonchev–Trinajstić information content (AvgIpc) is 3.13. The van der Waals surface area contributed by atoms with Crippen molar-refractivity contribution in [3.05, 3.63) is 23.9 Å². The third-order valence-electron chi connectivity index (χ3n) is 5.34. The van der Waals surface area contributed by atoms with Crippen molar-refractivity contribution in [3.63, 3.8) is 0 Å². The van der Waals surface area contributed by atoms with E-state index in [4.69, 9.17) is 14.2 Å². The topological polar surface area (TPSA) is 102 Å². The first-order chi connectivity index (χ1) is 14.9. The fourth-order valence-corrected chi connectivity index (χ4v) is 3.59. The molecule has 1 aromatic carbocycles. The predicted octanol–water partition coefficient (Wildman–Crippen LogP) is 1.23. The molecule has 0 saturated carbocycles. The molecule has 1 saturated heterocycles. The maximum Gasteiger partial charge on any atom is 0.409 e. The lowest BCUT2D eigenvalue weighted by atomic mass is 10.2. The molecule has 0 unspecified atom stereocenters. The lowest BCUT2D eigenvalue weighted by Crippen LogP contribution is -2.52. The van der Waals surface area contributed by atoms with Crippen molar-refractivity contribution in [2.24, 2.45) is 7.05 Å². The van der Waals surface area contributed by atoms with Crippen LogP contribution in [0.2, 0.25) is 0 Å². The summed E-state index contributed by atoms with van der Waals surface area (Å²) in [6.45, 7) is 3.56. The maximum absolute atomic E-state index is 12.7. The number of hydrogen-bond donors (Lipinski definition) is 1. The van der Waals surface area contributed by atoms with Gasteiger partial charge in [-0.3, -0.25) is 9.59 Å². The number of ether oxygens (including phenoxy) is 3. The molecule has 0 bridgehead atoms. The highest BCUT2D eigenvalue weighted by molar-refractivity contribution is 6.01. The number of aryl methyl sites for hydroxylation is 1. The monoisotopic (exact) mass is 432 g/mol. The highest BCUT2D eigenvalue weighted by atomic mass is 16.6. The molecule has 168 valence electrons. The number of carbonyl (C=O) groups excluding carboxylic acids is 3. The zero-order valence-corrected chi connectivity index (χ0v) is 18.3. The van der Waals surface area contributed by atoms with Crippen LogP contribution in [0.25, 0.3) is 10.9 Å². The molecule has 0 spiro atoms. The van der Waals surface area contributed by atoms with Crippen molar-refractivity contribution in [2.45, 2.75) is 6.92 Å². The third-order valence-corrected chi connectivity index (χ3v) is 5.34. The van der Waals surface area contributed by atoms with Gasteiger partial charge in [-0.1, -0.05) is 0 Å². The second kappa shape index (κ2) is 9.59. The van der Waals surface area contributed by atoms with Gasteiger partial charge in [0.2, 0.25) is 5.91 Å². The van der Waals surface area contributed by atoms with Gasteiger partial charge in [0.1, 0.15) is 17.2 Å². The molecule has 2 aromatic rings. The SMILES string of the molecule is CCOC(=O)N1CCN(C(=O)CNC(=O)c2cc3c(OC)cc(OC)cc3n2C)CC1. The Morgan fingerprint density at radius 2 is 1.68 bits per heavy atom. The van der Waals surface area contributed by atoms with Gasteiger partial charge in [0.05, 0.1) is 32.9 Å². The summed E-state index contributed by atoms with van der Waals surface area (Å²) in [6.07, 6.45) is -0.370. The summed E-state index contributed by atoms with van der Waals surface area (Å²) in [5.74, 6) is 0.655. The van der Waals surface area contributed by atoms with Crippen molar-refractivity contribution in [1.82, 2.24) is 19.7 Å². The average molecular weight is 432 g/mol. The van der Waals surface area contributed by atoms with Gasteiger partial charge in [0, 0.05) is 50.7 Å². The van der Waals surface area contributed by atoms with Gasteiger partial charge >= 0.3 is 6.09 Å². The van der Waals surface area contributed by atoms with E-state index in [1.807, 2.05) is 6.07 Å². The Hall–Kier alpha value is -3.43. The molecule has 1 N–H and O–H groups in total. The molecule has 31 heavy (non-hydrogen) atoms. The number of carbonyl (C=O) groups is 3. The van der Waals surface area contributed by atoms with E-state index in [0.717, 1.165) is 10.9 Å². The summed E-state index contributed by atoms with van der Waals surface area (Å²) in [7, 11) is 4.89. The molecule has 2 heterocycles. The summed E-state index contributed by atoms with van der Waals surface area (Å²) in [4.78, 5) is 40.2. The minimum absolute atomic E-state index is 0.125. The van der Waals surface area contributed by atoms with Crippen molar-refractivity contribution in [3.8, 4) is 11.5 Å². The fraction of sp³-hybridized carbons (Fsp3) is 0.476. The molecule has 1 aliphatic rings. The molecule has 3 rings (SSSR count). The van der Waals surface area contributed by atoms with Gasteiger partial charge in [0.15, 0.2) is 0 Å². The van der Waals surface area contributed by atoms with E-state index in [9.17, 15) is 14.4 Å². The summed E-state index contributed by atoms with van der Waals surface area (Å²) >= 11 is 0. The van der Waals surface area contributed by atoms with Crippen molar-refractivity contribution in [2.75, 3.05) is 53.6 Å². The standard InChI is InChI=1S/C21H28N4O6/c1-5-31-21(28)25-8-6-24(7-9-25)19(26)13-22-20(27)17-12-15-16(23(17)2)10-14(29-3)11-18(15)30-4/h10-12H,5-9,13H2,1-4H3,(H,22,27).